The topological polar surface area (TPSA) is 49.3 Å². The van der Waals surface area contributed by atoms with Crippen LogP contribution in [-0.4, -0.2) is 17.1 Å². The standard InChI is InChI=1S/C14H19F2NO2/c1-8(2)6-13(18)17-9(3)14(19)10-4-5-11(15)12(16)7-10/h4-5,7-9,14,19H,6H2,1-3H3,(H,17,18). The Bertz CT molecular complexity index is 449. The summed E-state index contributed by atoms with van der Waals surface area (Å²) in [5.74, 6) is -1.94. The van der Waals surface area contributed by atoms with Crippen LogP contribution >= 0.6 is 0 Å². The molecule has 0 spiro atoms. The molecule has 1 aromatic rings. The summed E-state index contributed by atoms with van der Waals surface area (Å²) in [5, 5.41) is 12.6. The third-order valence-corrected chi connectivity index (χ3v) is 2.74. The number of rotatable bonds is 5. The Morgan fingerprint density at radius 1 is 1.26 bits per heavy atom. The van der Waals surface area contributed by atoms with Crippen LogP contribution in [0.15, 0.2) is 18.2 Å². The second kappa shape index (κ2) is 6.61. The zero-order valence-electron chi connectivity index (χ0n) is 11.3. The summed E-state index contributed by atoms with van der Waals surface area (Å²) < 4.78 is 25.9. The maximum atomic E-state index is 13.1. The van der Waals surface area contributed by atoms with E-state index in [-0.39, 0.29) is 17.4 Å². The van der Waals surface area contributed by atoms with E-state index >= 15 is 0 Å². The quantitative estimate of drug-likeness (QED) is 0.864. The largest absolute Gasteiger partial charge is 0.386 e. The van der Waals surface area contributed by atoms with Gasteiger partial charge in [0, 0.05) is 6.42 Å². The fourth-order valence-electron chi connectivity index (χ4n) is 1.75. The van der Waals surface area contributed by atoms with Crippen LogP contribution in [0.5, 0.6) is 0 Å². The summed E-state index contributed by atoms with van der Waals surface area (Å²) in [6.45, 7) is 5.44. The van der Waals surface area contributed by atoms with Crippen LogP contribution in [0.2, 0.25) is 0 Å². The van der Waals surface area contributed by atoms with Gasteiger partial charge < -0.3 is 10.4 Å². The second-order valence-corrected chi connectivity index (χ2v) is 5.07. The minimum atomic E-state index is -1.08. The zero-order valence-corrected chi connectivity index (χ0v) is 11.3. The Morgan fingerprint density at radius 2 is 1.89 bits per heavy atom. The fourth-order valence-corrected chi connectivity index (χ4v) is 1.75. The summed E-state index contributed by atoms with van der Waals surface area (Å²) >= 11 is 0. The molecular formula is C14H19F2NO2. The molecular weight excluding hydrogens is 252 g/mol. The monoisotopic (exact) mass is 271 g/mol. The molecule has 0 aliphatic rings. The molecule has 2 atom stereocenters. The second-order valence-electron chi connectivity index (χ2n) is 5.07. The van der Waals surface area contributed by atoms with E-state index in [1.54, 1.807) is 6.92 Å². The molecule has 106 valence electrons. The number of halogens is 2. The van der Waals surface area contributed by atoms with Crippen molar-refractivity contribution in [1.82, 2.24) is 5.32 Å². The molecule has 2 N–H and O–H groups in total. The highest BCUT2D eigenvalue weighted by atomic mass is 19.2. The summed E-state index contributed by atoms with van der Waals surface area (Å²) in [5.41, 5.74) is 0.233. The Balaban J connectivity index is 2.68. The van der Waals surface area contributed by atoms with Crippen molar-refractivity contribution in [2.45, 2.75) is 39.3 Å². The fraction of sp³-hybridized carbons (Fsp3) is 0.500. The van der Waals surface area contributed by atoms with E-state index in [1.165, 1.54) is 6.07 Å². The molecule has 1 aromatic carbocycles. The van der Waals surface area contributed by atoms with Crippen molar-refractivity contribution in [3.05, 3.63) is 35.4 Å². The van der Waals surface area contributed by atoms with Crippen molar-refractivity contribution in [1.29, 1.82) is 0 Å². The Kier molecular flexibility index (Phi) is 5.42. The first-order valence-corrected chi connectivity index (χ1v) is 6.23. The molecule has 0 radical (unpaired) electrons. The van der Waals surface area contributed by atoms with E-state index in [2.05, 4.69) is 5.32 Å². The van der Waals surface area contributed by atoms with Crippen LogP contribution in [-0.2, 0) is 4.79 Å². The Hall–Kier alpha value is -1.49. The van der Waals surface area contributed by atoms with Crippen LogP contribution < -0.4 is 5.32 Å². The number of hydrogen-bond donors (Lipinski definition) is 2. The molecule has 0 heterocycles. The first kappa shape index (κ1) is 15.6. The summed E-state index contributed by atoms with van der Waals surface area (Å²) in [7, 11) is 0. The minimum Gasteiger partial charge on any atom is -0.386 e. The van der Waals surface area contributed by atoms with Crippen LogP contribution in [0.3, 0.4) is 0 Å². The number of carbonyl (C=O) groups excluding carboxylic acids is 1. The van der Waals surface area contributed by atoms with Crippen molar-refractivity contribution >= 4 is 5.91 Å². The molecule has 0 aliphatic carbocycles. The maximum Gasteiger partial charge on any atom is 0.220 e. The zero-order chi connectivity index (χ0) is 14.6. The first-order valence-electron chi connectivity index (χ1n) is 6.23. The highest BCUT2D eigenvalue weighted by molar-refractivity contribution is 5.76. The number of aliphatic hydroxyl groups is 1. The molecule has 0 aliphatic heterocycles. The smallest absolute Gasteiger partial charge is 0.220 e. The van der Waals surface area contributed by atoms with Gasteiger partial charge in [0.25, 0.3) is 0 Å². The molecule has 1 amide bonds. The highest BCUT2D eigenvalue weighted by Crippen LogP contribution is 2.19. The van der Waals surface area contributed by atoms with Gasteiger partial charge in [-0.1, -0.05) is 19.9 Å². The van der Waals surface area contributed by atoms with Gasteiger partial charge in [-0.05, 0) is 30.5 Å². The third-order valence-electron chi connectivity index (χ3n) is 2.74. The molecule has 5 heteroatoms. The molecule has 0 saturated carbocycles. The minimum absolute atomic E-state index is 0.177. The van der Waals surface area contributed by atoms with Crippen LogP contribution in [0, 0.1) is 17.6 Å². The molecule has 0 saturated heterocycles. The van der Waals surface area contributed by atoms with Gasteiger partial charge in [-0.2, -0.15) is 0 Å². The number of aliphatic hydroxyl groups excluding tert-OH is 1. The van der Waals surface area contributed by atoms with Gasteiger partial charge >= 0.3 is 0 Å². The van der Waals surface area contributed by atoms with E-state index in [1.807, 2.05) is 13.8 Å². The third kappa shape index (κ3) is 4.59. The van der Waals surface area contributed by atoms with E-state index in [9.17, 15) is 18.7 Å². The van der Waals surface area contributed by atoms with Gasteiger partial charge in [-0.3, -0.25) is 4.79 Å². The van der Waals surface area contributed by atoms with Gasteiger partial charge in [0.2, 0.25) is 5.91 Å². The predicted molar refractivity (Wildman–Crippen MR) is 68.4 cm³/mol. The number of amides is 1. The van der Waals surface area contributed by atoms with Gasteiger partial charge in [-0.25, -0.2) is 8.78 Å². The first-order chi connectivity index (χ1) is 8.81. The molecule has 0 fully saturated rings. The lowest BCUT2D eigenvalue weighted by atomic mass is 10.0. The molecule has 0 aromatic heterocycles. The van der Waals surface area contributed by atoms with Crippen molar-refractivity contribution in [2.24, 2.45) is 5.92 Å². The van der Waals surface area contributed by atoms with Crippen molar-refractivity contribution in [3.63, 3.8) is 0 Å². The van der Waals surface area contributed by atoms with Gasteiger partial charge in [0.05, 0.1) is 12.1 Å². The van der Waals surface area contributed by atoms with Crippen LogP contribution in [0.4, 0.5) is 8.78 Å². The molecule has 0 bridgehead atoms. The molecule has 2 unspecified atom stereocenters. The number of hydrogen-bond acceptors (Lipinski definition) is 2. The van der Waals surface area contributed by atoms with E-state index in [0.717, 1.165) is 12.1 Å². The van der Waals surface area contributed by atoms with Crippen molar-refractivity contribution in [3.8, 4) is 0 Å². The summed E-state index contributed by atoms with van der Waals surface area (Å²) in [6.07, 6.45) is -0.722. The van der Waals surface area contributed by atoms with Crippen LogP contribution in [0.25, 0.3) is 0 Å². The average molecular weight is 271 g/mol. The molecule has 19 heavy (non-hydrogen) atoms. The number of nitrogens with one attached hydrogen (secondary N) is 1. The Morgan fingerprint density at radius 3 is 2.42 bits per heavy atom. The van der Waals surface area contributed by atoms with Crippen LogP contribution in [0.1, 0.15) is 38.9 Å². The lowest BCUT2D eigenvalue weighted by molar-refractivity contribution is -0.123. The molecule has 3 nitrogen and oxygen atoms in total. The molecule has 1 rings (SSSR count). The van der Waals surface area contributed by atoms with Crippen molar-refractivity contribution in [2.75, 3.05) is 0 Å². The lowest BCUT2D eigenvalue weighted by Crippen LogP contribution is -2.37. The van der Waals surface area contributed by atoms with Gasteiger partial charge in [0.1, 0.15) is 0 Å². The van der Waals surface area contributed by atoms with E-state index < -0.39 is 23.8 Å². The number of benzene rings is 1. The normalized spacial score (nSPS) is 14.3. The maximum absolute atomic E-state index is 13.1. The van der Waals surface area contributed by atoms with E-state index in [0.29, 0.717) is 6.42 Å². The SMILES string of the molecule is CC(C)CC(=O)NC(C)C(O)c1ccc(F)c(F)c1. The van der Waals surface area contributed by atoms with E-state index in [4.69, 9.17) is 0 Å². The van der Waals surface area contributed by atoms with Crippen molar-refractivity contribution < 1.29 is 18.7 Å². The number of carbonyl (C=O) groups is 1. The van der Waals surface area contributed by atoms with Gasteiger partial charge in [0.15, 0.2) is 11.6 Å². The van der Waals surface area contributed by atoms with Gasteiger partial charge in [-0.15, -0.1) is 0 Å². The predicted octanol–water partition coefficient (Wildman–Crippen LogP) is 2.55. The summed E-state index contributed by atoms with van der Waals surface area (Å²) in [6, 6.07) is 2.62. The Labute approximate surface area is 111 Å². The highest BCUT2D eigenvalue weighted by Gasteiger charge is 2.20. The average Bonchev–Trinajstić information content (AvgIpc) is 2.30. The lowest BCUT2D eigenvalue weighted by Gasteiger charge is -2.21. The summed E-state index contributed by atoms with van der Waals surface area (Å²) in [4.78, 5) is 11.6.